The van der Waals surface area contributed by atoms with Crippen LogP contribution in [0.5, 0.6) is 0 Å². The number of hydrogen-bond donors (Lipinski definition) is 2. The quantitative estimate of drug-likeness (QED) is 0.746. The highest BCUT2D eigenvalue weighted by Crippen LogP contribution is 2.15. The molecular weight excluding hydrogens is 220 g/mol. The molecule has 0 spiro atoms. The lowest BCUT2D eigenvalue weighted by Gasteiger charge is -2.22. The molecule has 1 fully saturated rings. The molecule has 0 aromatic heterocycles. The van der Waals surface area contributed by atoms with Crippen LogP contribution in [0.4, 0.5) is 0 Å². The molecule has 2 unspecified atom stereocenters. The molecule has 16 heavy (non-hydrogen) atoms. The fourth-order valence-electron chi connectivity index (χ4n) is 2.14. The normalized spacial score (nSPS) is 22.8. The van der Waals surface area contributed by atoms with E-state index in [4.69, 9.17) is 0 Å². The molecular formula is C12H24N2OS. The SMILES string of the molecule is CSCC(C)NC(=O)CCC1CCCNC1. The van der Waals surface area contributed by atoms with Crippen LogP contribution >= 0.6 is 11.8 Å². The molecule has 0 aromatic rings. The van der Waals surface area contributed by atoms with Crippen LogP contribution in [0.3, 0.4) is 0 Å². The van der Waals surface area contributed by atoms with E-state index in [9.17, 15) is 4.79 Å². The smallest absolute Gasteiger partial charge is 0.220 e. The summed E-state index contributed by atoms with van der Waals surface area (Å²) in [4.78, 5) is 11.6. The summed E-state index contributed by atoms with van der Waals surface area (Å²) in [5, 5.41) is 6.42. The lowest BCUT2D eigenvalue weighted by atomic mass is 9.94. The highest BCUT2D eigenvalue weighted by atomic mass is 32.2. The van der Waals surface area contributed by atoms with Gasteiger partial charge < -0.3 is 10.6 Å². The van der Waals surface area contributed by atoms with Crippen molar-refractivity contribution in [2.75, 3.05) is 25.1 Å². The first-order chi connectivity index (χ1) is 7.72. The zero-order valence-electron chi connectivity index (χ0n) is 10.4. The Morgan fingerprint density at radius 1 is 1.62 bits per heavy atom. The molecule has 1 heterocycles. The molecule has 0 aliphatic carbocycles. The van der Waals surface area contributed by atoms with E-state index in [0.29, 0.717) is 18.4 Å². The van der Waals surface area contributed by atoms with E-state index in [1.807, 2.05) is 0 Å². The predicted molar refractivity (Wildman–Crippen MR) is 70.8 cm³/mol. The van der Waals surface area contributed by atoms with Gasteiger partial charge in [0, 0.05) is 18.2 Å². The number of carbonyl (C=O) groups excluding carboxylic acids is 1. The van der Waals surface area contributed by atoms with E-state index in [0.717, 1.165) is 25.3 Å². The van der Waals surface area contributed by atoms with Gasteiger partial charge in [-0.15, -0.1) is 0 Å². The maximum atomic E-state index is 11.6. The molecule has 2 atom stereocenters. The zero-order valence-corrected chi connectivity index (χ0v) is 11.2. The van der Waals surface area contributed by atoms with E-state index in [-0.39, 0.29) is 5.91 Å². The average molecular weight is 244 g/mol. The van der Waals surface area contributed by atoms with Crippen LogP contribution < -0.4 is 10.6 Å². The van der Waals surface area contributed by atoms with Gasteiger partial charge in [0.25, 0.3) is 0 Å². The molecule has 1 saturated heterocycles. The average Bonchev–Trinajstić information content (AvgIpc) is 2.28. The maximum Gasteiger partial charge on any atom is 0.220 e. The number of nitrogens with one attached hydrogen (secondary N) is 2. The van der Waals surface area contributed by atoms with Crippen molar-refractivity contribution in [3.8, 4) is 0 Å². The minimum Gasteiger partial charge on any atom is -0.353 e. The van der Waals surface area contributed by atoms with Gasteiger partial charge in [-0.25, -0.2) is 0 Å². The van der Waals surface area contributed by atoms with Crippen molar-refractivity contribution in [3.63, 3.8) is 0 Å². The van der Waals surface area contributed by atoms with Crippen molar-refractivity contribution in [2.45, 2.75) is 38.6 Å². The fourth-order valence-corrected chi connectivity index (χ4v) is 2.73. The third-order valence-corrected chi connectivity index (χ3v) is 3.84. The van der Waals surface area contributed by atoms with E-state index in [2.05, 4.69) is 23.8 Å². The lowest BCUT2D eigenvalue weighted by Crippen LogP contribution is -2.35. The summed E-state index contributed by atoms with van der Waals surface area (Å²) < 4.78 is 0. The fraction of sp³-hybridized carbons (Fsp3) is 0.917. The molecule has 1 aliphatic rings. The second-order valence-corrected chi connectivity index (χ2v) is 5.59. The van der Waals surface area contributed by atoms with E-state index < -0.39 is 0 Å². The van der Waals surface area contributed by atoms with Crippen molar-refractivity contribution in [3.05, 3.63) is 0 Å². The molecule has 2 N–H and O–H groups in total. The van der Waals surface area contributed by atoms with Gasteiger partial charge in [-0.1, -0.05) is 0 Å². The summed E-state index contributed by atoms with van der Waals surface area (Å²) in [5.74, 6) is 1.92. The summed E-state index contributed by atoms with van der Waals surface area (Å²) in [5.41, 5.74) is 0. The highest BCUT2D eigenvalue weighted by Gasteiger charge is 2.15. The molecule has 4 heteroatoms. The van der Waals surface area contributed by atoms with Crippen LogP contribution in [-0.2, 0) is 4.79 Å². The van der Waals surface area contributed by atoms with Crippen LogP contribution in [0.1, 0.15) is 32.6 Å². The largest absolute Gasteiger partial charge is 0.353 e. The Hall–Kier alpha value is -0.220. The number of rotatable bonds is 6. The van der Waals surface area contributed by atoms with Crippen molar-refractivity contribution in [2.24, 2.45) is 5.92 Å². The number of amides is 1. The van der Waals surface area contributed by atoms with Crippen LogP contribution in [0.15, 0.2) is 0 Å². The Labute approximate surface area is 103 Å². The van der Waals surface area contributed by atoms with E-state index in [1.165, 1.54) is 12.8 Å². The third kappa shape index (κ3) is 5.75. The van der Waals surface area contributed by atoms with Gasteiger partial charge in [-0.2, -0.15) is 11.8 Å². The first-order valence-electron chi connectivity index (χ1n) is 6.21. The van der Waals surface area contributed by atoms with Gasteiger partial charge in [0.2, 0.25) is 5.91 Å². The van der Waals surface area contributed by atoms with Gasteiger partial charge in [-0.05, 0) is 51.4 Å². The minimum absolute atomic E-state index is 0.215. The monoisotopic (exact) mass is 244 g/mol. The first-order valence-corrected chi connectivity index (χ1v) is 7.60. The molecule has 1 aliphatic heterocycles. The Morgan fingerprint density at radius 2 is 2.44 bits per heavy atom. The zero-order chi connectivity index (χ0) is 11.8. The van der Waals surface area contributed by atoms with Crippen LogP contribution in [0.25, 0.3) is 0 Å². The Balaban J connectivity index is 2.09. The maximum absolute atomic E-state index is 11.6. The van der Waals surface area contributed by atoms with Crippen molar-refractivity contribution in [1.29, 1.82) is 0 Å². The number of carbonyl (C=O) groups is 1. The standard InChI is InChI=1S/C12H24N2OS/c1-10(9-16-2)14-12(15)6-5-11-4-3-7-13-8-11/h10-11,13H,3-9H2,1-2H3,(H,14,15). The number of thioether (sulfide) groups is 1. The lowest BCUT2D eigenvalue weighted by molar-refractivity contribution is -0.121. The highest BCUT2D eigenvalue weighted by molar-refractivity contribution is 7.98. The second-order valence-electron chi connectivity index (χ2n) is 4.67. The van der Waals surface area contributed by atoms with Crippen LogP contribution in [0.2, 0.25) is 0 Å². The Morgan fingerprint density at radius 3 is 3.06 bits per heavy atom. The summed E-state index contributed by atoms with van der Waals surface area (Å²) in [6, 6.07) is 0.298. The summed E-state index contributed by atoms with van der Waals surface area (Å²) >= 11 is 1.77. The van der Waals surface area contributed by atoms with Gasteiger partial charge in [0.05, 0.1) is 0 Å². The number of piperidine rings is 1. The van der Waals surface area contributed by atoms with E-state index in [1.54, 1.807) is 11.8 Å². The van der Waals surface area contributed by atoms with Gasteiger partial charge in [0.1, 0.15) is 0 Å². The van der Waals surface area contributed by atoms with Gasteiger partial charge in [-0.3, -0.25) is 4.79 Å². The van der Waals surface area contributed by atoms with Gasteiger partial charge >= 0.3 is 0 Å². The molecule has 94 valence electrons. The Bertz CT molecular complexity index is 205. The van der Waals surface area contributed by atoms with Crippen molar-refractivity contribution < 1.29 is 4.79 Å². The summed E-state index contributed by atoms with van der Waals surface area (Å²) in [7, 11) is 0. The van der Waals surface area contributed by atoms with Crippen molar-refractivity contribution in [1.82, 2.24) is 10.6 Å². The third-order valence-electron chi connectivity index (χ3n) is 3.00. The van der Waals surface area contributed by atoms with Crippen LogP contribution in [0, 0.1) is 5.92 Å². The summed E-state index contributed by atoms with van der Waals surface area (Å²) in [6.45, 7) is 4.30. The Kier molecular flexibility index (Phi) is 6.88. The molecule has 1 rings (SSSR count). The van der Waals surface area contributed by atoms with Crippen molar-refractivity contribution >= 4 is 17.7 Å². The molecule has 0 aromatic carbocycles. The topological polar surface area (TPSA) is 41.1 Å². The predicted octanol–water partition coefficient (Wildman–Crippen LogP) is 1.63. The molecule has 0 radical (unpaired) electrons. The molecule has 0 saturated carbocycles. The van der Waals surface area contributed by atoms with Gasteiger partial charge in [0.15, 0.2) is 0 Å². The molecule has 3 nitrogen and oxygen atoms in total. The molecule has 1 amide bonds. The first kappa shape index (κ1) is 13.8. The minimum atomic E-state index is 0.215. The second kappa shape index (κ2) is 7.96. The number of hydrogen-bond acceptors (Lipinski definition) is 3. The molecule has 0 bridgehead atoms. The van der Waals surface area contributed by atoms with Crippen LogP contribution in [-0.4, -0.2) is 37.0 Å². The van der Waals surface area contributed by atoms with E-state index >= 15 is 0 Å². The summed E-state index contributed by atoms with van der Waals surface area (Å²) in [6.07, 6.45) is 6.32.